The molecule has 1 aromatic heterocycles. The van der Waals surface area contributed by atoms with Crippen LogP contribution >= 0.6 is 0 Å². The van der Waals surface area contributed by atoms with E-state index in [1.165, 1.54) is 11.1 Å². The Hall–Kier alpha value is -2.09. The Balaban J connectivity index is 1.79. The van der Waals surface area contributed by atoms with Crippen molar-refractivity contribution in [1.29, 1.82) is 0 Å². The molecule has 0 saturated carbocycles. The smallest absolute Gasteiger partial charge is 0.107 e. The third kappa shape index (κ3) is 2.14. The summed E-state index contributed by atoms with van der Waals surface area (Å²) < 4.78 is 0. The van der Waals surface area contributed by atoms with Crippen molar-refractivity contribution in [3.63, 3.8) is 0 Å². The summed E-state index contributed by atoms with van der Waals surface area (Å²) in [5, 5.41) is 0. The highest BCUT2D eigenvalue weighted by Crippen LogP contribution is 2.13. The van der Waals surface area contributed by atoms with Gasteiger partial charge in [0.25, 0.3) is 0 Å². The molecular formula is C16H16N2. The molecule has 0 atom stereocenters. The second-order valence-corrected chi connectivity index (χ2v) is 4.63. The Morgan fingerprint density at radius 3 is 2.56 bits per heavy atom. The molecular weight excluding hydrogens is 220 g/mol. The van der Waals surface area contributed by atoms with Gasteiger partial charge in [-0.3, -0.25) is 0 Å². The number of aromatic amines is 1. The quantitative estimate of drug-likeness (QED) is 0.738. The molecule has 0 unspecified atom stereocenters. The normalized spacial score (nSPS) is 10.9. The molecule has 0 aliphatic rings. The molecule has 2 nitrogen and oxygen atoms in total. The monoisotopic (exact) mass is 236 g/mol. The summed E-state index contributed by atoms with van der Waals surface area (Å²) in [4.78, 5) is 7.98. The Labute approximate surface area is 107 Å². The van der Waals surface area contributed by atoms with Crippen molar-refractivity contribution >= 4 is 11.0 Å². The fourth-order valence-electron chi connectivity index (χ4n) is 2.27. The van der Waals surface area contributed by atoms with Crippen molar-refractivity contribution in [3.8, 4) is 0 Å². The maximum Gasteiger partial charge on any atom is 0.107 e. The highest BCUT2D eigenvalue weighted by molar-refractivity contribution is 5.74. The molecule has 2 heteroatoms. The van der Waals surface area contributed by atoms with E-state index in [0.717, 1.165) is 29.7 Å². The summed E-state index contributed by atoms with van der Waals surface area (Å²) in [5.74, 6) is 1.07. The van der Waals surface area contributed by atoms with Crippen molar-refractivity contribution < 1.29 is 0 Å². The molecule has 0 bridgehead atoms. The molecule has 90 valence electrons. The third-order valence-electron chi connectivity index (χ3n) is 3.33. The summed E-state index contributed by atoms with van der Waals surface area (Å²) in [7, 11) is 0. The van der Waals surface area contributed by atoms with Gasteiger partial charge in [-0.05, 0) is 36.6 Å². The van der Waals surface area contributed by atoms with Crippen molar-refractivity contribution in [2.24, 2.45) is 0 Å². The second-order valence-electron chi connectivity index (χ2n) is 4.63. The lowest BCUT2D eigenvalue weighted by Gasteiger charge is -2.03. The van der Waals surface area contributed by atoms with E-state index in [0.29, 0.717) is 0 Å². The van der Waals surface area contributed by atoms with E-state index in [9.17, 15) is 0 Å². The largest absolute Gasteiger partial charge is 0.342 e. The fourth-order valence-corrected chi connectivity index (χ4v) is 2.27. The highest BCUT2D eigenvalue weighted by Gasteiger charge is 2.03. The molecule has 0 amide bonds. The number of benzene rings is 2. The van der Waals surface area contributed by atoms with Crippen LogP contribution in [0.4, 0.5) is 0 Å². The van der Waals surface area contributed by atoms with E-state index < -0.39 is 0 Å². The van der Waals surface area contributed by atoms with E-state index in [2.05, 4.69) is 47.2 Å². The van der Waals surface area contributed by atoms with Gasteiger partial charge in [-0.25, -0.2) is 4.98 Å². The van der Waals surface area contributed by atoms with E-state index in [1.807, 2.05) is 18.2 Å². The molecule has 18 heavy (non-hydrogen) atoms. The SMILES string of the molecule is Cc1ccccc1CCc1nc2ccccc2[nH]1. The fraction of sp³-hybridized carbons (Fsp3) is 0.188. The standard InChI is InChI=1S/C16H16N2/c1-12-6-2-3-7-13(12)10-11-16-17-14-8-4-5-9-15(14)18-16/h2-9H,10-11H2,1H3,(H,17,18). The van der Waals surface area contributed by atoms with Gasteiger partial charge in [0, 0.05) is 6.42 Å². The zero-order chi connectivity index (χ0) is 12.4. The topological polar surface area (TPSA) is 28.7 Å². The van der Waals surface area contributed by atoms with Gasteiger partial charge in [0.1, 0.15) is 5.82 Å². The number of fused-ring (bicyclic) bond motifs is 1. The maximum atomic E-state index is 4.60. The number of imidazole rings is 1. The van der Waals surface area contributed by atoms with Crippen LogP contribution in [0.15, 0.2) is 48.5 Å². The number of hydrogen-bond acceptors (Lipinski definition) is 1. The summed E-state index contributed by atoms with van der Waals surface area (Å²) in [6.45, 7) is 2.16. The summed E-state index contributed by atoms with van der Waals surface area (Å²) in [5.41, 5.74) is 4.93. The van der Waals surface area contributed by atoms with Crippen LogP contribution in [0.1, 0.15) is 17.0 Å². The van der Waals surface area contributed by atoms with Crippen molar-refractivity contribution in [2.45, 2.75) is 19.8 Å². The molecule has 1 N–H and O–H groups in total. The molecule has 1 heterocycles. The number of H-pyrrole nitrogens is 1. The van der Waals surface area contributed by atoms with Crippen LogP contribution < -0.4 is 0 Å². The summed E-state index contributed by atoms with van der Waals surface area (Å²) in [6, 6.07) is 16.7. The molecule has 0 saturated heterocycles. The average Bonchev–Trinajstić information content (AvgIpc) is 2.80. The minimum Gasteiger partial charge on any atom is -0.342 e. The van der Waals surface area contributed by atoms with E-state index in [1.54, 1.807) is 0 Å². The number of para-hydroxylation sites is 2. The van der Waals surface area contributed by atoms with E-state index >= 15 is 0 Å². The van der Waals surface area contributed by atoms with Crippen molar-refractivity contribution in [1.82, 2.24) is 9.97 Å². The van der Waals surface area contributed by atoms with E-state index in [4.69, 9.17) is 0 Å². The first-order valence-corrected chi connectivity index (χ1v) is 6.31. The van der Waals surface area contributed by atoms with Gasteiger partial charge in [0.15, 0.2) is 0 Å². The van der Waals surface area contributed by atoms with Gasteiger partial charge in [0.05, 0.1) is 11.0 Å². The van der Waals surface area contributed by atoms with Gasteiger partial charge in [-0.15, -0.1) is 0 Å². The number of rotatable bonds is 3. The van der Waals surface area contributed by atoms with Gasteiger partial charge < -0.3 is 4.98 Å². The Morgan fingerprint density at radius 1 is 0.944 bits per heavy atom. The van der Waals surface area contributed by atoms with Crippen molar-refractivity contribution in [3.05, 3.63) is 65.5 Å². The van der Waals surface area contributed by atoms with Crippen LogP contribution in [-0.2, 0) is 12.8 Å². The van der Waals surface area contributed by atoms with Crippen LogP contribution in [-0.4, -0.2) is 9.97 Å². The number of aromatic nitrogens is 2. The van der Waals surface area contributed by atoms with Gasteiger partial charge in [0.2, 0.25) is 0 Å². The average molecular weight is 236 g/mol. The van der Waals surface area contributed by atoms with Crippen LogP contribution in [0.25, 0.3) is 11.0 Å². The molecule has 2 aromatic carbocycles. The lowest BCUT2D eigenvalue weighted by Crippen LogP contribution is -1.95. The van der Waals surface area contributed by atoms with E-state index in [-0.39, 0.29) is 0 Å². The highest BCUT2D eigenvalue weighted by atomic mass is 14.9. The first kappa shape index (κ1) is 11.0. The molecule has 0 radical (unpaired) electrons. The molecule has 0 aliphatic carbocycles. The van der Waals surface area contributed by atoms with Crippen LogP contribution in [0.2, 0.25) is 0 Å². The van der Waals surface area contributed by atoms with Gasteiger partial charge in [-0.1, -0.05) is 36.4 Å². The summed E-state index contributed by atoms with van der Waals surface area (Å²) >= 11 is 0. The van der Waals surface area contributed by atoms with Crippen molar-refractivity contribution in [2.75, 3.05) is 0 Å². The Bertz CT molecular complexity index is 634. The number of hydrogen-bond donors (Lipinski definition) is 1. The molecule has 0 spiro atoms. The number of nitrogens with one attached hydrogen (secondary N) is 1. The van der Waals surface area contributed by atoms with Gasteiger partial charge >= 0.3 is 0 Å². The third-order valence-corrected chi connectivity index (χ3v) is 3.33. The lowest BCUT2D eigenvalue weighted by atomic mass is 10.0. The predicted octanol–water partition coefficient (Wildman–Crippen LogP) is 3.66. The second kappa shape index (κ2) is 4.65. The first-order chi connectivity index (χ1) is 8.83. The first-order valence-electron chi connectivity index (χ1n) is 6.31. The molecule has 3 rings (SSSR count). The number of aryl methyl sites for hydroxylation is 3. The predicted molar refractivity (Wildman–Crippen MR) is 74.7 cm³/mol. The lowest BCUT2D eigenvalue weighted by molar-refractivity contribution is 0.884. The van der Waals surface area contributed by atoms with Gasteiger partial charge in [-0.2, -0.15) is 0 Å². The maximum absolute atomic E-state index is 4.60. The molecule has 0 aliphatic heterocycles. The minimum absolute atomic E-state index is 0.958. The Kier molecular flexibility index (Phi) is 2.85. The Morgan fingerprint density at radius 2 is 1.72 bits per heavy atom. The zero-order valence-electron chi connectivity index (χ0n) is 10.5. The van der Waals surface area contributed by atoms with Crippen LogP contribution in [0.5, 0.6) is 0 Å². The summed E-state index contributed by atoms with van der Waals surface area (Å²) in [6.07, 6.45) is 1.99. The molecule has 0 fully saturated rings. The number of nitrogens with zero attached hydrogens (tertiary/aromatic N) is 1. The van der Waals surface area contributed by atoms with Crippen LogP contribution in [0, 0.1) is 6.92 Å². The molecule has 3 aromatic rings. The zero-order valence-corrected chi connectivity index (χ0v) is 10.5. The van der Waals surface area contributed by atoms with Crippen LogP contribution in [0.3, 0.4) is 0 Å². The minimum atomic E-state index is 0.958.